The van der Waals surface area contributed by atoms with Gasteiger partial charge in [0.05, 0.1) is 36.6 Å². The van der Waals surface area contributed by atoms with Crippen LogP contribution in [0.3, 0.4) is 0 Å². The van der Waals surface area contributed by atoms with E-state index in [1.807, 2.05) is 49.1 Å². The first-order chi connectivity index (χ1) is 13.6. The molecule has 28 heavy (non-hydrogen) atoms. The highest BCUT2D eigenvalue weighted by Crippen LogP contribution is 2.21. The molecule has 3 N–H and O–H groups in total. The topological polar surface area (TPSA) is 108 Å². The molecule has 0 bridgehead atoms. The van der Waals surface area contributed by atoms with Crippen LogP contribution in [-0.2, 0) is 24.9 Å². The van der Waals surface area contributed by atoms with Crippen LogP contribution in [0.15, 0.2) is 43.1 Å². The molecular weight excluding hydrogens is 356 g/mol. The Morgan fingerprint density at radius 3 is 2.82 bits per heavy atom. The summed E-state index contributed by atoms with van der Waals surface area (Å²) in [6.45, 7) is 3.72. The van der Waals surface area contributed by atoms with E-state index in [2.05, 4.69) is 25.4 Å². The van der Waals surface area contributed by atoms with Gasteiger partial charge in [-0.2, -0.15) is 5.10 Å². The Hall–Kier alpha value is -3.46. The number of nitrogens with one attached hydrogen (secondary N) is 1. The van der Waals surface area contributed by atoms with Crippen LogP contribution >= 0.6 is 0 Å². The van der Waals surface area contributed by atoms with Crippen LogP contribution in [0.5, 0.6) is 0 Å². The molecule has 0 fully saturated rings. The fourth-order valence-corrected chi connectivity index (χ4v) is 2.90. The summed E-state index contributed by atoms with van der Waals surface area (Å²) in [4.78, 5) is 13.2. The Kier molecular flexibility index (Phi) is 4.90. The zero-order valence-corrected chi connectivity index (χ0v) is 15.8. The zero-order valence-electron chi connectivity index (χ0n) is 15.8. The Bertz CT molecular complexity index is 1100. The molecule has 4 aromatic rings. The summed E-state index contributed by atoms with van der Waals surface area (Å²) in [6, 6.07) is 4.00. The average Bonchev–Trinajstić information content (AvgIpc) is 3.31. The Morgan fingerprint density at radius 2 is 2.04 bits per heavy atom. The SMILES string of the molecule is CCOCc1cnc2ccc(CNc3nc(-c4cnn(C)c4)cnc3N)cn12. The van der Waals surface area contributed by atoms with E-state index in [0.717, 1.165) is 22.5 Å². The van der Waals surface area contributed by atoms with Crippen molar-refractivity contribution < 1.29 is 4.74 Å². The minimum Gasteiger partial charge on any atom is -0.381 e. The highest BCUT2D eigenvalue weighted by Gasteiger charge is 2.09. The lowest BCUT2D eigenvalue weighted by atomic mass is 10.2. The zero-order chi connectivity index (χ0) is 19.5. The Balaban J connectivity index is 1.54. The number of fused-ring (bicyclic) bond motifs is 1. The van der Waals surface area contributed by atoms with Crippen molar-refractivity contribution in [3.8, 4) is 11.3 Å². The van der Waals surface area contributed by atoms with Crippen LogP contribution in [-0.4, -0.2) is 35.7 Å². The lowest BCUT2D eigenvalue weighted by Gasteiger charge is -2.10. The van der Waals surface area contributed by atoms with E-state index in [-0.39, 0.29) is 0 Å². The van der Waals surface area contributed by atoms with Crippen LogP contribution in [0.25, 0.3) is 16.9 Å². The molecule has 144 valence electrons. The number of rotatable bonds is 7. The fraction of sp³-hybridized carbons (Fsp3) is 0.263. The van der Waals surface area contributed by atoms with Gasteiger partial charge in [-0.25, -0.2) is 15.0 Å². The van der Waals surface area contributed by atoms with Gasteiger partial charge in [-0.1, -0.05) is 6.07 Å². The third-order valence-electron chi connectivity index (χ3n) is 4.36. The smallest absolute Gasteiger partial charge is 0.169 e. The second-order valence-corrected chi connectivity index (χ2v) is 6.40. The van der Waals surface area contributed by atoms with Crippen molar-refractivity contribution in [3.63, 3.8) is 0 Å². The van der Waals surface area contributed by atoms with Gasteiger partial charge in [0.25, 0.3) is 0 Å². The van der Waals surface area contributed by atoms with Crippen LogP contribution < -0.4 is 11.1 Å². The number of aryl methyl sites for hydroxylation is 1. The van der Waals surface area contributed by atoms with Crippen molar-refractivity contribution in [1.82, 2.24) is 29.1 Å². The molecule has 9 nitrogen and oxygen atoms in total. The fourth-order valence-electron chi connectivity index (χ4n) is 2.90. The maximum Gasteiger partial charge on any atom is 0.169 e. The standard InChI is InChI=1S/C19H22N8O/c1-3-28-12-15-8-21-17-5-4-13(10-27(15)17)6-23-19-18(20)22-9-16(25-19)14-7-24-26(2)11-14/h4-5,7-11H,3,6,12H2,1-2H3,(H2,20,22)(H,23,25). The second-order valence-electron chi connectivity index (χ2n) is 6.40. The second kappa shape index (κ2) is 7.65. The number of hydrogen-bond acceptors (Lipinski definition) is 7. The van der Waals surface area contributed by atoms with Crippen LogP contribution in [0.4, 0.5) is 11.6 Å². The summed E-state index contributed by atoms with van der Waals surface area (Å²) in [5.41, 5.74) is 10.6. The molecule has 0 saturated carbocycles. The largest absolute Gasteiger partial charge is 0.381 e. The summed E-state index contributed by atoms with van der Waals surface area (Å²) in [7, 11) is 1.86. The highest BCUT2D eigenvalue weighted by atomic mass is 16.5. The average molecular weight is 378 g/mol. The van der Waals surface area contributed by atoms with Gasteiger partial charge in [-0.3, -0.25) is 4.68 Å². The molecule has 0 saturated heterocycles. The van der Waals surface area contributed by atoms with Crippen LogP contribution in [0.1, 0.15) is 18.2 Å². The number of nitrogen functional groups attached to an aromatic ring is 1. The van der Waals surface area contributed by atoms with Gasteiger partial charge in [-0.15, -0.1) is 0 Å². The summed E-state index contributed by atoms with van der Waals surface area (Å²) >= 11 is 0. The summed E-state index contributed by atoms with van der Waals surface area (Å²) in [6.07, 6.45) is 9.16. The molecule has 0 aliphatic carbocycles. The molecule has 4 aromatic heterocycles. The number of ether oxygens (including phenoxy) is 1. The van der Waals surface area contributed by atoms with E-state index < -0.39 is 0 Å². The van der Waals surface area contributed by atoms with E-state index in [9.17, 15) is 0 Å². The van der Waals surface area contributed by atoms with Gasteiger partial charge >= 0.3 is 0 Å². The number of nitrogens with zero attached hydrogens (tertiary/aromatic N) is 6. The number of pyridine rings is 1. The lowest BCUT2D eigenvalue weighted by molar-refractivity contribution is 0.131. The molecule has 4 heterocycles. The van der Waals surface area contributed by atoms with Crippen LogP contribution in [0.2, 0.25) is 0 Å². The van der Waals surface area contributed by atoms with Crippen molar-refractivity contribution in [3.05, 3.63) is 54.4 Å². The molecular formula is C19H22N8O. The van der Waals surface area contributed by atoms with Gasteiger partial charge in [0.2, 0.25) is 0 Å². The van der Waals surface area contributed by atoms with E-state index in [4.69, 9.17) is 10.5 Å². The van der Waals surface area contributed by atoms with E-state index >= 15 is 0 Å². The van der Waals surface area contributed by atoms with Gasteiger partial charge < -0.3 is 20.2 Å². The summed E-state index contributed by atoms with van der Waals surface area (Å²) in [5, 5.41) is 7.45. The molecule has 0 unspecified atom stereocenters. The van der Waals surface area contributed by atoms with Crippen molar-refractivity contribution in [2.75, 3.05) is 17.7 Å². The number of hydrogen-bond donors (Lipinski definition) is 2. The molecule has 0 amide bonds. The highest BCUT2D eigenvalue weighted by molar-refractivity contribution is 5.64. The van der Waals surface area contributed by atoms with E-state index in [1.165, 1.54) is 0 Å². The minimum absolute atomic E-state index is 0.355. The predicted octanol–water partition coefficient (Wildman–Crippen LogP) is 2.26. The van der Waals surface area contributed by atoms with Crippen LogP contribution in [0, 0.1) is 0 Å². The summed E-state index contributed by atoms with van der Waals surface area (Å²) in [5.74, 6) is 0.898. The maximum atomic E-state index is 6.00. The quantitative estimate of drug-likeness (QED) is 0.508. The maximum absolute atomic E-state index is 6.00. The lowest BCUT2D eigenvalue weighted by Crippen LogP contribution is -2.07. The Labute approximate surface area is 162 Å². The molecule has 0 aliphatic rings. The number of anilines is 2. The Morgan fingerprint density at radius 1 is 1.14 bits per heavy atom. The molecule has 0 radical (unpaired) electrons. The number of aromatic nitrogens is 6. The molecule has 0 atom stereocenters. The van der Waals surface area contributed by atoms with E-state index in [0.29, 0.717) is 37.1 Å². The van der Waals surface area contributed by atoms with Crippen molar-refractivity contribution in [2.45, 2.75) is 20.1 Å². The monoisotopic (exact) mass is 378 g/mol. The molecule has 0 spiro atoms. The van der Waals surface area contributed by atoms with Gasteiger partial charge in [0.1, 0.15) is 5.65 Å². The predicted molar refractivity (Wildman–Crippen MR) is 106 cm³/mol. The van der Waals surface area contributed by atoms with Crippen molar-refractivity contribution in [1.29, 1.82) is 0 Å². The molecule has 0 aliphatic heterocycles. The van der Waals surface area contributed by atoms with Crippen molar-refractivity contribution in [2.24, 2.45) is 7.05 Å². The van der Waals surface area contributed by atoms with Gasteiger partial charge in [-0.05, 0) is 18.6 Å². The minimum atomic E-state index is 0.355. The first-order valence-electron chi connectivity index (χ1n) is 9.02. The number of imidazole rings is 1. The first-order valence-corrected chi connectivity index (χ1v) is 9.02. The third kappa shape index (κ3) is 3.65. The molecule has 4 rings (SSSR count). The first kappa shape index (κ1) is 17.9. The summed E-state index contributed by atoms with van der Waals surface area (Å²) < 4.78 is 9.27. The third-order valence-corrected chi connectivity index (χ3v) is 4.36. The van der Waals surface area contributed by atoms with Gasteiger partial charge in [0.15, 0.2) is 11.6 Å². The molecule has 9 heteroatoms. The number of nitrogens with two attached hydrogens (primary N) is 1. The normalized spacial score (nSPS) is 11.2. The van der Waals surface area contributed by atoms with Gasteiger partial charge in [0, 0.05) is 38.2 Å². The van der Waals surface area contributed by atoms with Crippen molar-refractivity contribution >= 4 is 17.3 Å². The van der Waals surface area contributed by atoms with E-state index in [1.54, 1.807) is 17.1 Å². The molecule has 0 aromatic carbocycles.